The number of aryl methyl sites for hydroxylation is 2. The molecule has 0 radical (unpaired) electrons. The first-order chi connectivity index (χ1) is 10.5. The van der Waals surface area contributed by atoms with E-state index in [4.69, 9.17) is 0 Å². The molecule has 0 amide bonds. The molecule has 25 heavy (non-hydrogen) atoms. The average Bonchev–Trinajstić information content (AvgIpc) is 2.53. The molecular formula is C20H35N3O2. The molecule has 0 saturated carbocycles. The molecule has 0 aromatic carbocycles. The van der Waals surface area contributed by atoms with Crippen LogP contribution in [0.2, 0.25) is 0 Å². The predicted molar refractivity (Wildman–Crippen MR) is 108 cm³/mol. The van der Waals surface area contributed by atoms with Gasteiger partial charge >= 0.3 is 0 Å². The molecule has 142 valence electrons. The van der Waals surface area contributed by atoms with E-state index in [-0.39, 0.29) is 26.0 Å². The third-order valence-corrected chi connectivity index (χ3v) is 4.78. The fourth-order valence-corrected chi connectivity index (χ4v) is 2.32. The Kier molecular flexibility index (Phi) is 9.38. The summed E-state index contributed by atoms with van der Waals surface area (Å²) >= 11 is 0. The second-order valence-corrected chi connectivity index (χ2v) is 6.06. The van der Waals surface area contributed by atoms with Crippen LogP contribution < -0.4 is 11.1 Å². The highest BCUT2D eigenvalue weighted by Gasteiger charge is 2.07. The van der Waals surface area contributed by atoms with Crippen molar-refractivity contribution < 1.29 is 0 Å². The fourth-order valence-electron chi connectivity index (χ4n) is 2.32. The quantitative estimate of drug-likeness (QED) is 0.730. The van der Waals surface area contributed by atoms with Crippen molar-refractivity contribution in [2.45, 2.75) is 63.3 Å². The molecule has 0 saturated heterocycles. The first-order valence-corrected chi connectivity index (χ1v) is 7.64. The van der Waals surface area contributed by atoms with Gasteiger partial charge in [-0.15, -0.1) is 0 Å². The maximum Gasteiger partial charge on any atom is 0.256 e. The maximum atomic E-state index is 11.5. The summed E-state index contributed by atoms with van der Waals surface area (Å²) in [7, 11) is 3.55. The van der Waals surface area contributed by atoms with Gasteiger partial charge in [0.15, 0.2) is 0 Å². The van der Waals surface area contributed by atoms with Crippen LogP contribution in [0.5, 0.6) is 0 Å². The van der Waals surface area contributed by atoms with Crippen LogP contribution in [-0.4, -0.2) is 14.1 Å². The van der Waals surface area contributed by atoms with E-state index in [0.29, 0.717) is 0 Å². The molecule has 2 heterocycles. The Morgan fingerprint density at radius 1 is 0.640 bits per heavy atom. The van der Waals surface area contributed by atoms with Crippen LogP contribution in [0.25, 0.3) is 0 Å². The van der Waals surface area contributed by atoms with Crippen LogP contribution >= 0.6 is 0 Å². The van der Waals surface area contributed by atoms with Gasteiger partial charge < -0.3 is 4.57 Å². The number of rotatable bonds is 0. The van der Waals surface area contributed by atoms with Gasteiger partial charge in [0.05, 0.1) is 0 Å². The molecule has 0 aliphatic rings. The molecule has 0 aliphatic heterocycles. The molecule has 0 spiro atoms. The molecule has 0 fully saturated rings. The summed E-state index contributed by atoms with van der Waals surface area (Å²) < 4.78 is 3.26. The lowest BCUT2D eigenvalue weighted by Crippen LogP contribution is -2.23. The first-order valence-electron chi connectivity index (χ1n) is 7.64. The summed E-state index contributed by atoms with van der Waals surface area (Å²) in [6.45, 7) is 13.4. The zero-order chi connectivity index (χ0) is 18.1. The van der Waals surface area contributed by atoms with Gasteiger partial charge in [0.2, 0.25) is 0 Å². The zero-order valence-corrected chi connectivity index (χ0v) is 15.7. The minimum Gasteiger partial charge on any atom is -0.316 e. The van der Waals surface area contributed by atoms with Gasteiger partial charge in [-0.3, -0.25) is 14.2 Å². The topological polar surface area (TPSA) is 56.9 Å². The standard InChI is InChI=1S/C10H15NO.C8H12N2O.2CH4/c1-6-7(2)9(4)11(5)10(12)8(6)3;1-5-6(2)9-7(3)10(4)8(5)11;;/h1-5H3;1-4H3;2*1H4. The van der Waals surface area contributed by atoms with Crippen molar-refractivity contribution in [3.05, 3.63) is 60.2 Å². The summed E-state index contributed by atoms with van der Waals surface area (Å²) in [5.74, 6) is 0.762. The SMILES string of the molecule is C.C.Cc1c(C)c(C)n(C)c(=O)c1C.Cc1nc(C)n(C)c(=O)c1C. The van der Waals surface area contributed by atoms with Gasteiger partial charge in [0.25, 0.3) is 11.1 Å². The Morgan fingerprint density at radius 2 is 1.08 bits per heavy atom. The highest BCUT2D eigenvalue weighted by molar-refractivity contribution is 5.33. The molecule has 2 aromatic rings. The van der Waals surface area contributed by atoms with Gasteiger partial charge in [-0.05, 0) is 59.6 Å². The molecule has 0 bridgehead atoms. The summed E-state index contributed by atoms with van der Waals surface area (Å²) in [5, 5.41) is 0. The van der Waals surface area contributed by atoms with Gasteiger partial charge in [0.1, 0.15) is 5.82 Å². The Balaban J connectivity index is 0. The van der Waals surface area contributed by atoms with Crippen molar-refractivity contribution in [2.24, 2.45) is 14.1 Å². The van der Waals surface area contributed by atoms with Crippen LogP contribution in [-0.2, 0) is 14.1 Å². The third-order valence-electron chi connectivity index (χ3n) is 4.78. The van der Waals surface area contributed by atoms with Crippen molar-refractivity contribution in [1.29, 1.82) is 0 Å². The normalized spacial score (nSPS) is 9.48. The van der Waals surface area contributed by atoms with E-state index < -0.39 is 0 Å². The molecule has 5 heteroatoms. The smallest absolute Gasteiger partial charge is 0.256 e. The largest absolute Gasteiger partial charge is 0.316 e. The summed E-state index contributed by atoms with van der Waals surface area (Å²) in [4.78, 5) is 27.1. The second-order valence-electron chi connectivity index (χ2n) is 6.06. The first kappa shape index (κ1) is 25.1. The molecule has 0 N–H and O–H groups in total. The van der Waals surface area contributed by atoms with Gasteiger partial charge in [-0.2, -0.15) is 0 Å². The van der Waals surface area contributed by atoms with E-state index in [1.54, 1.807) is 23.1 Å². The monoisotopic (exact) mass is 349 g/mol. The number of aromatic nitrogens is 3. The van der Waals surface area contributed by atoms with Crippen LogP contribution in [0.4, 0.5) is 0 Å². The Hall–Kier alpha value is -2.17. The van der Waals surface area contributed by atoms with E-state index in [9.17, 15) is 9.59 Å². The molecular weight excluding hydrogens is 314 g/mol. The molecule has 0 unspecified atom stereocenters. The van der Waals surface area contributed by atoms with E-state index in [2.05, 4.69) is 11.9 Å². The molecule has 2 aromatic heterocycles. The maximum absolute atomic E-state index is 11.5. The average molecular weight is 350 g/mol. The van der Waals surface area contributed by atoms with Crippen molar-refractivity contribution in [3.8, 4) is 0 Å². The van der Waals surface area contributed by atoms with Crippen LogP contribution in [0.1, 0.15) is 54.3 Å². The van der Waals surface area contributed by atoms with E-state index in [1.165, 1.54) is 5.56 Å². The number of nitrogens with zero attached hydrogens (tertiary/aromatic N) is 3. The zero-order valence-electron chi connectivity index (χ0n) is 15.7. The van der Waals surface area contributed by atoms with E-state index in [0.717, 1.165) is 33.9 Å². The predicted octanol–water partition coefficient (Wildman–Crippen LogP) is 3.60. The number of hydrogen-bond acceptors (Lipinski definition) is 3. The van der Waals surface area contributed by atoms with Crippen molar-refractivity contribution in [1.82, 2.24) is 14.1 Å². The van der Waals surface area contributed by atoms with Gasteiger partial charge in [-0.1, -0.05) is 14.9 Å². The number of pyridine rings is 1. The second kappa shape index (κ2) is 9.35. The molecule has 0 aliphatic carbocycles. The molecule has 5 nitrogen and oxygen atoms in total. The fraction of sp³-hybridized carbons (Fsp3) is 0.550. The Bertz CT molecular complexity index is 797. The number of hydrogen-bond donors (Lipinski definition) is 0. The van der Waals surface area contributed by atoms with Crippen LogP contribution in [0.15, 0.2) is 9.59 Å². The van der Waals surface area contributed by atoms with Gasteiger partial charge in [-0.25, -0.2) is 4.98 Å². The summed E-state index contributed by atoms with van der Waals surface area (Å²) in [6, 6.07) is 0. The summed E-state index contributed by atoms with van der Waals surface area (Å²) in [6.07, 6.45) is 0. The van der Waals surface area contributed by atoms with E-state index in [1.807, 2.05) is 41.7 Å². The van der Waals surface area contributed by atoms with Crippen LogP contribution in [0, 0.1) is 48.5 Å². The Morgan fingerprint density at radius 3 is 1.56 bits per heavy atom. The van der Waals surface area contributed by atoms with Crippen molar-refractivity contribution in [2.75, 3.05) is 0 Å². The minimum absolute atomic E-state index is 0. The molecule has 2 rings (SSSR count). The molecule has 0 atom stereocenters. The lowest BCUT2D eigenvalue weighted by molar-refractivity contribution is 0.753. The Labute approximate surface area is 152 Å². The minimum atomic E-state index is 0. The van der Waals surface area contributed by atoms with Crippen molar-refractivity contribution >= 4 is 0 Å². The highest BCUT2D eigenvalue weighted by Crippen LogP contribution is 2.11. The highest BCUT2D eigenvalue weighted by atomic mass is 16.1. The van der Waals surface area contributed by atoms with E-state index >= 15 is 0 Å². The third kappa shape index (κ3) is 4.91. The van der Waals surface area contributed by atoms with Crippen molar-refractivity contribution in [3.63, 3.8) is 0 Å². The summed E-state index contributed by atoms with van der Waals surface area (Å²) in [5.41, 5.74) is 5.99. The lowest BCUT2D eigenvalue weighted by atomic mass is 10.0. The van der Waals surface area contributed by atoms with Gasteiger partial charge in [0, 0.05) is 36.6 Å². The van der Waals surface area contributed by atoms with Crippen LogP contribution in [0.3, 0.4) is 0 Å². The lowest BCUT2D eigenvalue weighted by Gasteiger charge is -2.11.